The number of fused-ring (bicyclic) bond motifs is 1. The highest BCUT2D eigenvalue weighted by Crippen LogP contribution is 2.28. The van der Waals surface area contributed by atoms with Crippen LogP contribution in [0.15, 0.2) is 31.9 Å². The summed E-state index contributed by atoms with van der Waals surface area (Å²) in [4.78, 5) is 26.7. The molecular weight excluding hydrogens is 386 g/mol. The Morgan fingerprint density at radius 1 is 1.32 bits per heavy atom. The Balaban J connectivity index is 1.44. The number of rotatable bonds is 5. The molecule has 1 amide bonds. The van der Waals surface area contributed by atoms with Crippen LogP contribution in [0.4, 0.5) is 0 Å². The van der Waals surface area contributed by atoms with Gasteiger partial charge in [-0.3, -0.25) is 14.3 Å². The molecule has 2 heterocycles. The van der Waals surface area contributed by atoms with Crippen molar-refractivity contribution in [2.75, 3.05) is 19.6 Å². The molecule has 1 aromatic heterocycles. The average molecular weight is 408 g/mol. The molecule has 7 heteroatoms. The van der Waals surface area contributed by atoms with Gasteiger partial charge in [-0.2, -0.15) is 0 Å². The minimum Gasteiger partial charge on any atom is -0.408 e. The summed E-state index contributed by atoms with van der Waals surface area (Å²) < 4.78 is 7.86. The lowest BCUT2D eigenvalue weighted by atomic mass is 9.97. The summed E-state index contributed by atoms with van der Waals surface area (Å²) in [7, 11) is 0. The molecule has 1 aliphatic carbocycles. The van der Waals surface area contributed by atoms with Crippen LogP contribution in [-0.4, -0.2) is 35.0 Å². The number of benzene rings is 1. The predicted octanol–water partition coefficient (Wildman–Crippen LogP) is 2.55. The van der Waals surface area contributed by atoms with Gasteiger partial charge in [0, 0.05) is 17.6 Å². The first-order chi connectivity index (χ1) is 12.1. The number of likely N-dealkylation sites (tertiary alicyclic amines) is 1. The van der Waals surface area contributed by atoms with Crippen molar-refractivity contribution in [1.29, 1.82) is 0 Å². The Hall–Kier alpha value is -1.60. The zero-order chi connectivity index (χ0) is 17.4. The van der Waals surface area contributed by atoms with Crippen LogP contribution >= 0.6 is 15.9 Å². The van der Waals surface area contributed by atoms with E-state index in [1.165, 1.54) is 12.8 Å². The van der Waals surface area contributed by atoms with E-state index in [0.717, 1.165) is 35.9 Å². The highest BCUT2D eigenvalue weighted by atomic mass is 79.9. The van der Waals surface area contributed by atoms with Crippen LogP contribution in [0.25, 0.3) is 11.1 Å². The summed E-state index contributed by atoms with van der Waals surface area (Å²) in [5.74, 6) is 0.507. The summed E-state index contributed by atoms with van der Waals surface area (Å²) in [5.41, 5.74) is 1.36. The van der Waals surface area contributed by atoms with Gasteiger partial charge in [-0.05, 0) is 56.3 Å². The highest BCUT2D eigenvalue weighted by molar-refractivity contribution is 9.10. The third-order valence-corrected chi connectivity index (χ3v) is 5.60. The van der Waals surface area contributed by atoms with Gasteiger partial charge in [0.1, 0.15) is 0 Å². The number of aromatic nitrogens is 1. The number of hydrogen-bond acceptors (Lipinski definition) is 4. The molecule has 0 unspecified atom stereocenters. The molecule has 2 aromatic rings. The smallest absolute Gasteiger partial charge is 0.408 e. The van der Waals surface area contributed by atoms with Gasteiger partial charge < -0.3 is 9.73 Å². The molecule has 1 aliphatic heterocycles. The van der Waals surface area contributed by atoms with Gasteiger partial charge in [0.25, 0.3) is 0 Å². The van der Waals surface area contributed by atoms with Crippen LogP contribution in [0.3, 0.4) is 0 Å². The molecule has 1 saturated heterocycles. The fourth-order valence-corrected chi connectivity index (χ4v) is 3.82. The number of nitrogens with zero attached hydrogens (tertiary/aromatic N) is 2. The summed E-state index contributed by atoms with van der Waals surface area (Å²) in [5, 5.41) is 3.08. The van der Waals surface area contributed by atoms with E-state index in [9.17, 15) is 9.59 Å². The molecule has 1 aromatic carbocycles. The van der Waals surface area contributed by atoms with Crippen LogP contribution in [0, 0.1) is 11.8 Å². The van der Waals surface area contributed by atoms with Gasteiger partial charge in [0.15, 0.2) is 5.58 Å². The first-order valence-corrected chi connectivity index (χ1v) is 9.68. The molecule has 4 rings (SSSR count). The Labute approximate surface area is 154 Å². The summed E-state index contributed by atoms with van der Waals surface area (Å²) >= 11 is 3.39. The number of oxazole rings is 1. The first kappa shape index (κ1) is 16.8. The molecule has 2 fully saturated rings. The number of piperidine rings is 1. The second kappa shape index (κ2) is 6.96. The van der Waals surface area contributed by atoms with Crippen molar-refractivity contribution >= 4 is 32.9 Å². The van der Waals surface area contributed by atoms with Crippen LogP contribution in [0.2, 0.25) is 0 Å². The Morgan fingerprint density at radius 3 is 2.96 bits per heavy atom. The Kier molecular flexibility index (Phi) is 4.69. The van der Waals surface area contributed by atoms with Crippen molar-refractivity contribution in [3.63, 3.8) is 0 Å². The standard InChI is InChI=1S/C18H22BrN3O3/c19-14-5-6-15-16(8-14)25-18(24)22(15)11-21-7-1-2-13(10-21)17(23)20-9-12-3-4-12/h5-6,8,12-13H,1-4,7,9-11H2,(H,20,23)/t13-/m1/s1. The molecule has 0 bridgehead atoms. The molecular formula is C18H22BrN3O3. The zero-order valence-electron chi connectivity index (χ0n) is 14.0. The molecule has 2 aliphatic rings. The van der Waals surface area contributed by atoms with Crippen molar-refractivity contribution < 1.29 is 9.21 Å². The topological polar surface area (TPSA) is 67.5 Å². The van der Waals surface area contributed by atoms with Gasteiger partial charge in [0.2, 0.25) is 5.91 Å². The third kappa shape index (κ3) is 3.82. The summed E-state index contributed by atoms with van der Waals surface area (Å²) in [6.07, 6.45) is 4.37. The number of carbonyl (C=O) groups excluding carboxylic acids is 1. The lowest BCUT2D eigenvalue weighted by molar-refractivity contribution is -0.127. The van der Waals surface area contributed by atoms with Crippen molar-refractivity contribution in [2.24, 2.45) is 11.8 Å². The van der Waals surface area contributed by atoms with E-state index in [-0.39, 0.29) is 17.6 Å². The second-order valence-corrected chi connectivity index (χ2v) is 8.07. The van der Waals surface area contributed by atoms with Gasteiger partial charge >= 0.3 is 5.76 Å². The fraction of sp³-hybridized carbons (Fsp3) is 0.556. The lowest BCUT2D eigenvalue weighted by Crippen LogP contribution is -2.44. The second-order valence-electron chi connectivity index (χ2n) is 7.15. The van der Waals surface area contributed by atoms with Gasteiger partial charge in [-0.1, -0.05) is 15.9 Å². The molecule has 0 radical (unpaired) electrons. The van der Waals surface area contributed by atoms with Gasteiger partial charge in [-0.25, -0.2) is 4.79 Å². The van der Waals surface area contributed by atoms with E-state index < -0.39 is 0 Å². The summed E-state index contributed by atoms with van der Waals surface area (Å²) in [6.45, 7) is 2.85. The molecule has 25 heavy (non-hydrogen) atoms. The molecule has 0 spiro atoms. The molecule has 1 atom stereocenters. The maximum Gasteiger partial charge on any atom is 0.421 e. The largest absolute Gasteiger partial charge is 0.421 e. The van der Waals surface area contributed by atoms with Crippen LogP contribution in [0.1, 0.15) is 25.7 Å². The quantitative estimate of drug-likeness (QED) is 0.826. The van der Waals surface area contributed by atoms with Crippen LogP contribution in [0.5, 0.6) is 0 Å². The van der Waals surface area contributed by atoms with E-state index in [4.69, 9.17) is 4.42 Å². The van der Waals surface area contributed by atoms with Crippen molar-refractivity contribution in [1.82, 2.24) is 14.8 Å². The van der Waals surface area contributed by atoms with Crippen molar-refractivity contribution in [2.45, 2.75) is 32.4 Å². The number of halogens is 1. The monoisotopic (exact) mass is 407 g/mol. The SMILES string of the molecule is O=C(NCC1CC1)[C@@H]1CCCN(Cn2c(=O)oc3cc(Br)ccc32)C1. The van der Waals surface area contributed by atoms with Crippen molar-refractivity contribution in [3.05, 3.63) is 33.2 Å². The van der Waals surface area contributed by atoms with Gasteiger partial charge in [-0.15, -0.1) is 0 Å². The number of hydrogen-bond donors (Lipinski definition) is 1. The maximum atomic E-state index is 12.4. The molecule has 1 saturated carbocycles. The van der Waals surface area contributed by atoms with Crippen LogP contribution < -0.4 is 11.1 Å². The Bertz CT molecular complexity index is 840. The molecule has 6 nitrogen and oxygen atoms in total. The average Bonchev–Trinajstić information content (AvgIpc) is 3.38. The summed E-state index contributed by atoms with van der Waals surface area (Å²) in [6, 6.07) is 5.59. The first-order valence-electron chi connectivity index (χ1n) is 8.89. The fourth-order valence-electron chi connectivity index (χ4n) is 3.48. The number of nitrogens with one attached hydrogen (secondary N) is 1. The molecule has 1 N–H and O–H groups in total. The minimum absolute atomic E-state index is 0.00973. The Morgan fingerprint density at radius 2 is 2.16 bits per heavy atom. The highest BCUT2D eigenvalue weighted by Gasteiger charge is 2.28. The molecule has 134 valence electrons. The van der Waals surface area contributed by atoms with E-state index >= 15 is 0 Å². The number of carbonyl (C=O) groups is 1. The predicted molar refractivity (Wildman–Crippen MR) is 98.2 cm³/mol. The van der Waals surface area contributed by atoms with E-state index in [1.807, 2.05) is 12.1 Å². The van der Waals surface area contributed by atoms with E-state index in [2.05, 4.69) is 26.1 Å². The van der Waals surface area contributed by atoms with E-state index in [1.54, 1.807) is 10.6 Å². The minimum atomic E-state index is -0.353. The maximum absolute atomic E-state index is 12.4. The number of amides is 1. The van der Waals surface area contributed by atoms with E-state index in [0.29, 0.717) is 24.7 Å². The normalized spacial score (nSPS) is 21.6. The lowest BCUT2D eigenvalue weighted by Gasteiger charge is -2.31. The van der Waals surface area contributed by atoms with Crippen molar-refractivity contribution in [3.8, 4) is 0 Å². The third-order valence-electron chi connectivity index (χ3n) is 5.11. The zero-order valence-corrected chi connectivity index (χ0v) is 15.6. The van der Waals surface area contributed by atoms with Gasteiger partial charge in [0.05, 0.1) is 18.1 Å². The van der Waals surface area contributed by atoms with Crippen LogP contribution in [-0.2, 0) is 11.5 Å².